The van der Waals surface area contributed by atoms with Crippen LogP contribution in [0.25, 0.3) is 33.4 Å². The van der Waals surface area contributed by atoms with Gasteiger partial charge in [0.25, 0.3) is 0 Å². The zero-order valence-corrected chi connectivity index (χ0v) is 33.8. The minimum Gasteiger partial charge on any atom is -0.310 e. The first-order chi connectivity index (χ1) is 27.9. The van der Waals surface area contributed by atoms with Crippen LogP contribution in [0.4, 0.5) is 17.1 Å². The second kappa shape index (κ2) is 12.8. The molecule has 7 aliphatic carbocycles. The fraction of sp³-hybridized carbons (Fsp3) is 0.357. The van der Waals surface area contributed by atoms with Gasteiger partial charge in [-0.25, -0.2) is 0 Å². The third kappa shape index (κ3) is 5.47. The number of hydrogen-bond acceptors (Lipinski definition) is 1. The molecule has 13 rings (SSSR count). The zero-order valence-electron chi connectivity index (χ0n) is 33.8. The maximum Gasteiger partial charge on any atom is 0.0540 e. The molecule has 3 atom stereocenters. The van der Waals surface area contributed by atoms with Crippen molar-refractivity contribution in [2.24, 2.45) is 29.6 Å². The fourth-order valence-corrected chi connectivity index (χ4v) is 14.0. The highest BCUT2D eigenvalue weighted by Gasteiger charge is 2.52. The first kappa shape index (κ1) is 34.2. The van der Waals surface area contributed by atoms with Crippen molar-refractivity contribution in [1.82, 2.24) is 0 Å². The number of benzene rings is 6. The van der Waals surface area contributed by atoms with E-state index < -0.39 is 0 Å². The van der Waals surface area contributed by atoms with E-state index in [-0.39, 0.29) is 5.41 Å². The Balaban J connectivity index is 1.01. The summed E-state index contributed by atoms with van der Waals surface area (Å²) in [5.74, 6) is 5.31. The first-order valence-corrected chi connectivity index (χ1v) is 22.3. The molecule has 0 aliphatic heterocycles. The molecule has 0 amide bonds. The summed E-state index contributed by atoms with van der Waals surface area (Å²) in [5.41, 5.74) is 17.9. The van der Waals surface area contributed by atoms with Crippen LogP contribution in [-0.4, -0.2) is 0 Å². The standard InChI is InChI=1S/C56H55N/c1-55(2)52-23-17-43(40-9-5-3-6-10-40)30-51(52)48-22-21-47(32-53(48)55)57(46-19-15-42(16-20-46)49-29-36-13-14-44(49)28-36)54-24-18-45(31-50(54)41-11-7-4-8-12-41)56-33-37-25-38(34-56)27-39(26-37)35-56/h3-12,15-24,30-32,36-39,44,49H,13-14,25-29,33-35H2,1-2H3. The molecule has 6 saturated carbocycles. The van der Waals surface area contributed by atoms with Crippen molar-refractivity contribution in [1.29, 1.82) is 0 Å². The van der Waals surface area contributed by atoms with Gasteiger partial charge in [0.15, 0.2) is 0 Å². The van der Waals surface area contributed by atoms with Crippen molar-refractivity contribution in [3.63, 3.8) is 0 Å². The lowest BCUT2D eigenvalue weighted by molar-refractivity contribution is -0.00516. The lowest BCUT2D eigenvalue weighted by atomic mass is 9.48. The molecule has 0 radical (unpaired) electrons. The summed E-state index contributed by atoms with van der Waals surface area (Å²) in [4.78, 5) is 2.60. The van der Waals surface area contributed by atoms with Gasteiger partial charge in [0.1, 0.15) is 0 Å². The van der Waals surface area contributed by atoms with Gasteiger partial charge >= 0.3 is 0 Å². The molecule has 6 aromatic carbocycles. The molecule has 6 fully saturated rings. The summed E-state index contributed by atoms with van der Waals surface area (Å²) < 4.78 is 0. The topological polar surface area (TPSA) is 3.24 Å². The molecule has 0 heterocycles. The Labute approximate surface area is 340 Å². The van der Waals surface area contributed by atoms with Crippen LogP contribution in [0.2, 0.25) is 0 Å². The molecule has 6 aromatic rings. The van der Waals surface area contributed by atoms with Crippen molar-refractivity contribution >= 4 is 17.1 Å². The summed E-state index contributed by atoms with van der Waals surface area (Å²) >= 11 is 0. The molecule has 0 spiro atoms. The smallest absolute Gasteiger partial charge is 0.0540 e. The summed E-state index contributed by atoms with van der Waals surface area (Å²) in [7, 11) is 0. The highest BCUT2D eigenvalue weighted by Crippen LogP contribution is 2.62. The van der Waals surface area contributed by atoms with E-state index in [0.717, 1.165) is 35.5 Å². The molecule has 3 unspecified atom stereocenters. The Kier molecular flexibility index (Phi) is 7.68. The minimum absolute atomic E-state index is 0.113. The van der Waals surface area contributed by atoms with Gasteiger partial charge in [0, 0.05) is 22.4 Å². The van der Waals surface area contributed by atoms with Crippen LogP contribution >= 0.6 is 0 Å². The molecule has 6 bridgehead atoms. The zero-order chi connectivity index (χ0) is 37.9. The predicted molar refractivity (Wildman–Crippen MR) is 238 cm³/mol. The first-order valence-electron chi connectivity index (χ1n) is 22.3. The van der Waals surface area contributed by atoms with E-state index in [1.54, 1.807) is 11.1 Å². The van der Waals surface area contributed by atoms with Crippen LogP contribution < -0.4 is 4.90 Å². The van der Waals surface area contributed by atoms with Crippen molar-refractivity contribution in [2.45, 2.75) is 94.8 Å². The van der Waals surface area contributed by atoms with E-state index in [0.29, 0.717) is 5.41 Å². The molecule has 57 heavy (non-hydrogen) atoms. The Morgan fingerprint density at radius 2 is 1.16 bits per heavy atom. The fourth-order valence-electron chi connectivity index (χ4n) is 14.0. The molecule has 1 nitrogen and oxygen atoms in total. The van der Waals surface area contributed by atoms with Gasteiger partial charge in [-0.1, -0.05) is 117 Å². The SMILES string of the molecule is CC1(C)c2ccc(-c3ccccc3)cc2-c2ccc(N(c3ccc(C4CC5CCC4C5)cc3)c3ccc(C45CC6CC(CC(C6)C4)C5)cc3-c3ccccc3)cc21. The Morgan fingerprint density at radius 3 is 1.82 bits per heavy atom. The molecule has 0 N–H and O–H groups in total. The number of nitrogens with zero attached hydrogens (tertiary/aromatic N) is 1. The van der Waals surface area contributed by atoms with E-state index in [9.17, 15) is 0 Å². The largest absolute Gasteiger partial charge is 0.310 e. The van der Waals surface area contributed by atoms with Gasteiger partial charge < -0.3 is 4.90 Å². The van der Waals surface area contributed by atoms with Crippen molar-refractivity contribution in [2.75, 3.05) is 4.90 Å². The minimum atomic E-state index is -0.113. The summed E-state index contributed by atoms with van der Waals surface area (Å²) in [6.07, 6.45) is 14.2. The quantitative estimate of drug-likeness (QED) is 0.157. The molecule has 7 aliphatic rings. The van der Waals surface area contributed by atoms with Crippen LogP contribution in [0.5, 0.6) is 0 Å². The highest BCUT2D eigenvalue weighted by molar-refractivity contribution is 5.91. The van der Waals surface area contributed by atoms with Gasteiger partial charge in [-0.05, 0) is 191 Å². The lowest BCUT2D eigenvalue weighted by Crippen LogP contribution is -2.48. The van der Waals surface area contributed by atoms with E-state index in [4.69, 9.17) is 0 Å². The number of rotatable bonds is 7. The van der Waals surface area contributed by atoms with Gasteiger partial charge in [-0.15, -0.1) is 0 Å². The molecule has 0 saturated heterocycles. The number of hydrogen-bond donors (Lipinski definition) is 0. The van der Waals surface area contributed by atoms with Crippen LogP contribution in [0.1, 0.15) is 106 Å². The molecular formula is C56H55N. The normalized spacial score (nSPS) is 28.4. The van der Waals surface area contributed by atoms with Crippen LogP contribution in [0.3, 0.4) is 0 Å². The Hall–Kier alpha value is -4.88. The Morgan fingerprint density at radius 1 is 0.474 bits per heavy atom. The van der Waals surface area contributed by atoms with Crippen molar-refractivity contribution in [3.05, 3.63) is 162 Å². The average Bonchev–Trinajstić information content (AvgIpc) is 3.94. The van der Waals surface area contributed by atoms with Crippen LogP contribution in [-0.2, 0) is 10.8 Å². The van der Waals surface area contributed by atoms with Crippen molar-refractivity contribution < 1.29 is 0 Å². The maximum atomic E-state index is 2.65. The molecule has 0 aromatic heterocycles. The maximum absolute atomic E-state index is 2.65. The van der Waals surface area contributed by atoms with E-state index in [1.165, 1.54) is 126 Å². The molecule has 1 heteroatoms. The summed E-state index contributed by atoms with van der Waals surface area (Å²) in [5, 5.41) is 0. The van der Waals surface area contributed by atoms with Gasteiger partial charge in [0.05, 0.1) is 5.69 Å². The second-order valence-corrected chi connectivity index (χ2v) is 20.0. The van der Waals surface area contributed by atoms with Gasteiger partial charge in [-0.2, -0.15) is 0 Å². The van der Waals surface area contributed by atoms with Gasteiger partial charge in [-0.3, -0.25) is 0 Å². The van der Waals surface area contributed by atoms with E-state index >= 15 is 0 Å². The summed E-state index contributed by atoms with van der Waals surface area (Å²) in [6.45, 7) is 4.85. The van der Waals surface area contributed by atoms with E-state index in [2.05, 4.69) is 158 Å². The monoisotopic (exact) mass is 741 g/mol. The molecular weight excluding hydrogens is 687 g/mol. The number of fused-ring (bicyclic) bond motifs is 5. The Bertz CT molecular complexity index is 2450. The summed E-state index contributed by atoms with van der Waals surface area (Å²) in [6, 6.07) is 54.2. The molecule has 284 valence electrons. The van der Waals surface area contributed by atoms with Gasteiger partial charge in [0.2, 0.25) is 0 Å². The predicted octanol–water partition coefficient (Wildman–Crippen LogP) is 15.2. The van der Waals surface area contributed by atoms with E-state index in [1.807, 2.05) is 0 Å². The average molecular weight is 742 g/mol. The second-order valence-electron chi connectivity index (χ2n) is 20.0. The van der Waals surface area contributed by atoms with Crippen LogP contribution in [0, 0.1) is 29.6 Å². The number of anilines is 3. The van der Waals surface area contributed by atoms with Crippen LogP contribution in [0.15, 0.2) is 140 Å². The third-order valence-electron chi connectivity index (χ3n) is 16.3. The highest BCUT2D eigenvalue weighted by atomic mass is 15.1. The van der Waals surface area contributed by atoms with Crippen molar-refractivity contribution in [3.8, 4) is 33.4 Å². The lowest BCUT2D eigenvalue weighted by Gasteiger charge is -2.57. The third-order valence-corrected chi connectivity index (χ3v) is 16.3.